The molecule has 0 saturated carbocycles. The van der Waals surface area contributed by atoms with Gasteiger partial charge in [0.2, 0.25) is 0 Å². The van der Waals surface area contributed by atoms with Gasteiger partial charge in [-0.05, 0) is 46.4 Å². The lowest BCUT2D eigenvalue weighted by Gasteiger charge is -2.07. The number of carbonyl (C=O) groups excluding carboxylic acids is 1. The van der Waals surface area contributed by atoms with Crippen molar-refractivity contribution in [3.05, 3.63) is 63.2 Å². The molecule has 2 aromatic carbocycles. The highest BCUT2D eigenvalue weighted by atomic mass is 127. The van der Waals surface area contributed by atoms with E-state index in [-0.39, 0.29) is 12.6 Å². The molecule has 0 N–H and O–H groups in total. The van der Waals surface area contributed by atoms with Crippen molar-refractivity contribution in [1.29, 1.82) is 0 Å². The Hall–Kier alpha value is -1.56. The maximum atomic E-state index is 11.9. The molecule has 0 aliphatic carbocycles. The topological polar surface area (TPSA) is 35.5 Å². The Balaban J connectivity index is 2.02. The van der Waals surface area contributed by atoms with E-state index in [1.165, 1.54) is 0 Å². The molecule has 0 spiro atoms. The lowest BCUT2D eigenvalue weighted by atomic mass is 10.2. The van der Waals surface area contributed by atoms with Gasteiger partial charge >= 0.3 is 5.97 Å². The van der Waals surface area contributed by atoms with Crippen molar-refractivity contribution in [2.24, 2.45) is 0 Å². The van der Waals surface area contributed by atoms with E-state index in [1.54, 1.807) is 25.3 Å². The number of esters is 1. The third kappa shape index (κ3) is 3.70. The highest BCUT2D eigenvalue weighted by molar-refractivity contribution is 14.1. The van der Waals surface area contributed by atoms with Gasteiger partial charge in [-0.3, -0.25) is 0 Å². The van der Waals surface area contributed by atoms with Gasteiger partial charge in [-0.25, -0.2) is 4.79 Å². The first-order chi connectivity index (χ1) is 9.20. The second kappa shape index (κ2) is 6.56. The second-order valence-electron chi connectivity index (χ2n) is 3.91. The van der Waals surface area contributed by atoms with Crippen molar-refractivity contribution in [2.75, 3.05) is 7.11 Å². The summed E-state index contributed by atoms with van der Waals surface area (Å²) < 4.78 is 11.3. The Bertz CT molecular complexity index is 567. The highest BCUT2D eigenvalue weighted by Gasteiger charge is 2.10. The highest BCUT2D eigenvalue weighted by Crippen LogP contribution is 2.22. The largest absolute Gasteiger partial charge is 0.496 e. The van der Waals surface area contributed by atoms with Crippen molar-refractivity contribution >= 4 is 28.6 Å². The Morgan fingerprint density at radius 2 is 1.89 bits per heavy atom. The van der Waals surface area contributed by atoms with E-state index in [4.69, 9.17) is 9.47 Å². The molecular weight excluding hydrogens is 355 g/mol. The molecular formula is C15H13IO3. The van der Waals surface area contributed by atoms with E-state index in [0.29, 0.717) is 5.56 Å². The van der Waals surface area contributed by atoms with Gasteiger partial charge in [0.1, 0.15) is 12.4 Å². The quantitative estimate of drug-likeness (QED) is 0.611. The van der Waals surface area contributed by atoms with Crippen LogP contribution in [0.3, 0.4) is 0 Å². The minimum absolute atomic E-state index is 0.280. The number of halogens is 1. The molecule has 2 aromatic rings. The van der Waals surface area contributed by atoms with Crippen LogP contribution in [-0.2, 0) is 11.3 Å². The first kappa shape index (κ1) is 13.9. The van der Waals surface area contributed by atoms with Crippen molar-refractivity contribution < 1.29 is 14.3 Å². The van der Waals surface area contributed by atoms with Crippen molar-refractivity contribution in [2.45, 2.75) is 6.61 Å². The van der Waals surface area contributed by atoms with Gasteiger partial charge < -0.3 is 9.47 Å². The van der Waals surface area contributed by atoms with Crippen LogP contribution >= 0.6 is 22.6 Å². The fraction of sp³-hybridized carbons (Fsp3) is 0.133. The predicted octanol–water partition coefficient (Wildman–Crippen LogP) is 3.66. The van der Waals surface area contributed by atoms with Gasteiger partial charge in [-0.1, -0.05) is 30.3 Å². The minimum atomic E-state index is -0.329. The van der Waals surface area contributed by atoms with Crippen LogP contribution in [0.15, 0.2) is 48.5 Å². The average Bonchev–Trinajstić information content (AvgIpc) is 2.45. The van der Waals surface area contributed by atoms with Crippen molar-refractivity contribution in [3.8, 4) is 5.75 Å². The monoisotopic (exact) mass is 368 g/mol. The molecule has 0 aromatic heterocycles. The van der Waals surface area contributed by atoms with Gasteiger partial charge in [0.15, 0.2) is 0 Å². The number of benzene rings is 2. The zero-order valence-electron chi connectivity index (χ0n) is 10.4. The summed E-state index contributed by atoms with van der Waals surface area (Å²) in [7, 11) is 1.60. The van der Waals surface area contributed by atoms with Gasteiger partial charge in [-0.2, -0.15) is 0 Å². The molecule has 98 valence electrons. The van der Waals surface area contributed by atoms with E-state index >= 15 is 0 Å². The molecule has 4 heteroatoms. The lowest BCUT2D eigenvalue weighted by molar-refractivity contribution is 0.0472. The molecule has 0 atom stereocenters. The number of methoxy groups -OCH3 is 1. The molecule has 0 heterocycles. The van der Waals surface area contributed by atoms with Crippen molar-refractivity contribution in [3.63, 3.8) is 0 Å². The number of carbonyl (C=O) groups is 1. The number of rotatable bonds is 4. The summed E-state index contributed by atoms with van der Waals surface area (Å²) in [6.45, 7) is 0.280. The van der Waals surface area contributed by atoms with E-state index in [1.807, 2.05) is 30.3 Å². The standard InChI is InChI=1S/C15H13IO3/c1-18-14-8-7-12(9-13(14)16)15(17)19-10-11-5-3-2-4-6-11/h2-9H,10H2,1H3. The summed E-state index contributed by atoms with van der Waals surface area (Å²) in [5, 5.41) is 0. The van der Waals surface area contributed by atoms with Crippen LogP contribution < -0.4 is 4.74 Å². The first-order valence-corrected chi connectivity index (χ1v) is 6.83. The Labute approximate surface area is 125 Å². The molecule has 0 fully saturated rings. The summed E-state index contributed by atoms with van der Waals surface area (Å²) in [5.74, 6) is 0.421. The Morgan fingerprint density at radius 1 is 1.16 bits per heavy atom. The van der Waals surface area contributed by atoms with Crippen LogP contribution in [0.2, 0.25) is 0 Å². The fourth-order valence-corrected chi connectivity index (χ4v) is 2.34. The molecule has 0 aliphatic rings. The number of hydrogen-bond donors (Lipinski definition) is 0. The minimum Gasteiger partial charge on any atom is -0.496 e. The maximum absolute atomic E-state index is 11.9. The summed E-state index contributed by atoms with van der Waals surface area (Å²) >= 11 is 2.13. The summed E-state index contributed by atoms with van der Waals surface area (Å²) in [4.78, 5) is 11.9. The third-order valence-corrected chi connectivity index (χ3v) is 3.44. The van der Waals surface area contributed by atoms with Crippen molar-refractivity contribution in [1.82, 2.24) is 0 Å². The first-order valence-electron chi connectivity index (χ1n) is 5.75. The molecule has 19 heavy (non-hydrogen) atoms. The zero-order valence-corrected chi connectivity index (χ0v) is 12.6. The van der Waals surface area contributed by atoms with Crippen LogP contribution in [-0.4, -0.2) is 13.1 Å². The van der Waals surface area contributed by atoms with E-state index in [0.717, 1.165) is 14.9 Å². The predicted molar refractivity (Wildman–Crippen MR) is 81.3 cm³/mol. The van der Waals surface area contributed by atoms with Gasteiger partial charge in [0, 0.05) is 0 Å². The normalized spacial score (nSPS) is 10.0. The Kier molecular flexibility index (Phi) is 4.79. The Morgan fingerprint density at radius 3 is 2.53 bits per heavy atom. The SMILES string of the molecule is COc1ccc(C(=O)OCc2ccccc2)cc1I. The fourth-order valence-electron chi connectivity index (χ4n) is 1.60. The maximum Gasteiger partial charge on any atom is 0.338 e. The summed E-state index contributed by atoms with van der Waals surface area (Å²) in [5.41, 5.74) is 1.50. The molecule has 2 rings (SSSR count). The van der Waals surface area contributed by atoms with Crippen LogP contribution in [0.4, 0.5) is 0 Å². The lowest BCUT2D eigenvalue weighted by Crippen LogP contribution is -2.05. The third-order valence-electron chi connectivity index (χ3n) is 2.60. The van der Waals surface area contributed by atoms with Crippen LogP contribution in [0.1, 0.15) is 15.9 Å². The summed E-state index contributed by atoms with van der Waals surface area (Å²) in [6, 6.07) is 14.8. The van der Waals surface area contributed by atoms with E-state index in [2.05, 4.69) is 22.6 Å². The van der Waals surface area contributed by atoms with Gasteiger partial charge in [0.05, 0.1) is 16.2 Å². The number of ether oxygens (including phenoxy) is 2. The van der Waals surface area contributed by atoms with Crippen LogP contribution in [0.5, 0.6) is 5.75 Å². The number of hydrogen-bond acceptors (Lipinski definition) is 3. The van der Waals surface area contributed by atoms with Gasteiger partial charge in [0.25, 0.3) is 0 Å². The van der Waals surface area contributed by atoms with E-state index < -0.39 is 0 Å². The molecule has 0 bridgehead atoms. The smallest absolute Gasteiger partial charge is 0.338 e. The molecule has 0 amide bonds. The molecule has 0 saturated heterocycles. The van der Waals surface area contributed by atoms with Gasteiger partial charge in [-0.15, -0.1) is 0 Å². The average molecular weight is 368 g/mol. The van der Waals surface area contributed by atoms with E-state index in [9.17, 15) is 4.79 Å². The van der Waals surface area contributed by atoms with Crippen LogP contribution in [0.25, 0.3) is 0 Å². The molecule has 0 radical (unpaired) electrons. The second-order valence-corrected chi connectivity index (χ2v) is 5.07. The molecule has 0 unspecified atom stereocenters. The zero-order chi connectivity index (χ0) is 13.7. The molecule has 0 aliphatic heterocycles. The molecule has 3 nitrogen and oxygen atoms in total. The summed E-state index contributed by atoms with van der Waals surface area (Å²) in [6.07, 6.45) is 0. The van der Waals surface area contributed by atoms with Crippen LogP contribution in [0, 0.1) is 3.57 Å².